The van der Waals surface area contributed by atoms with Gasteiger partial charge in [0.15, 0.2) is 0 Å². The quantitative estimate of drug-likeness (QED) is 0.248. The lowest BCUT2D eigenvalue weighted by molar-refractivity contribution is 1.18. The molecule has 168 valence electrons. The van der Waals surface area contributed by atoms with Gasteiger partial charge in [-0.05, 0) is 41.5 Å². The zero-order valence-electron chi connectivity index (χ0n) is 19.3. The van der Waals surface area contributed by atoms with Crippen LogP contribution >= 0.6 is 0 Å². The lowest BCUT2D eigenvalue weighted by atomic mass is 10.00. The Balaban J connectivity index is 1.55. The van der Waals surface area contributed by atoms with Crippen molar-refractivity contribution in [2.45, 2.75) is 0 Å². The molecule has 1 aromatic heterocycles. The first kappa shape index (κ1) is 20.9. The van der Waals surface area contributed by atoms with Crippen LogP contribution in [0.1, 0.15) is 5.56 Å². The lowest BCUT2D eigenvalue weighted by Gasteiger charge is -2.15. The van der Waals surface area contributed by atoms with Crippen molar-refractivity contribution < 1.29 is 0 Å². The highest BCUT2D eigenvalue weighted by molar-refractivity contribution is 6.12. The summed E-state index contributed by atoms with van der Waals surface area (Å²) in [4.78, 5) is 0. The standard InChI is InChI=1S/C32H25N3/c33-29(24-14-6-2-7-15-24)22-34-30-21-32-28(20-27(30)23-12-4-1-5-13-23)26-18-10-11-19-31(26)35(32)25-16-8-3-9-17-25/h1-21,33-34H,22H2. The minimum Gasteiger partial charge on any atom is -0.379 e. The van der Waals surface area contributed by atoms with Gasteiger partial charge in [0.1, 0.15) is 0 Å². The summed E-state index contributed by atoms with van der Waals surface area (Å²) in [7, 11) is 0. The molecule has 2 N–H and O–H groups in total. The topological polar surface area (TPSA) is 40.8 Å². The maximum absolute atomic E-state index is 8.61. The van der Waals surface area contributed by atoms with Gasteiger partial charge in [0.25, 0.3) is 0 Å². The molecular formula is C32H25N3. The Bertz CT molecular complexity index is 1630. The van der Waals surface area contributed by atoms with Gasteiger partial charge < -0.3 is 15.3 Å². The largest absolute Gasteiger partial charge is 0.379 e. The number of hydrogen-bond acceptors (Lipinski definition) is 2. The molecule has 0 saturated heterocycles. The van der Waals surface area contributed by atoms with Gasteiger partial charge in [-0.25, -0.2) is 0 Å². The summed E-state index contributed by atoms with van der Waals surface area (Å²) >= 11 is 0. The van der Waals surface area contributed by atoms with Crippen LogP contribution in [-0.2, 0) is 0 Å². The second kappa shape index (κ2) is 8.96. The van der Waals surface area contributed by atoms with E-state index in [1.165, 1.54) is 16.3 Å². The number of rotatable bonds is 6. The van der Waals surface area contributed by atoms with Crippen LogP contribution in [0.15, 0.2) is 127 Å². The first-order valence-electron chi connectivity index (χ1n) is 11.8. The van der Waals surface area contributed by atoms with Gasteiger partial charge in [-0.15, -0.1) is 0 Å². The molecule has 1 heterocycles. The SMILES string of the molecule is N=C(CNc1cc2c(cc1-c1ccccc1)c1ccccc1n2-c1ccccc1)c1ccccc1. The molecule has 0 aliphatic rings. The van der Waals surface area contributed by atoms with Crippen LogP contribution in [0.2, 0.25) is 0 Å². The van der Waals surface area contributed by atoms with Crippen LogP contribution in [0.4, 0.5) is 5.69 Å². The van der Waals surface area contributed by atoms with Gasteiger partial charge in [0, 0.05) is 27.7 Å². The van der Waals surface area contributed by atoms with E-state index in [9.17, 15) is 0 Å². The third-order valence-corrected chi connectivity index (χ3v) is 6.49. The molecule has 0 bridgehead atoms. The zero-order valence-corrected chi connectivity index (χ0v) is 19.3. The fourth-order valence-corrected chi connectivity index (χ4v) is 4.80. The Morgan fingerprint density at radius 3 is 2.00 bits per heavy atom. The molecule has 0 aliphatic carbocycles. The van der Waals surface area contributed by atoms with Crippen LogP contribution in [0.3, 0.4) is 0 Å². The number of aromatic nitrogens is 1. The maximum Gasteiger partial charge on any atom is 0.0577 e. The molecular weight excluding hydrogens is 426 g/mol. The highest BCUT2D eigenvalue weighted by Gasteiger charge is 2.16. The average Bonchev–Trinajstić information content (AvgIpc) is 3.26. The highest BCUT2D eigenvalue weighted by Crippen LogP contribution is 2.39. The summed E-state index contributed by atoms with van der Waals surface area (Å²) < 4.78 is 2.33. The second-order valence-electron chi connectivity index (χ2n) is 8.67. The molecule has 0 aliphatic heterocycles. The van der Waals surface area contributed by atoms with E-state index in [4.69, 9.17) is 5.41 Å². The van der Waals surface area contributed by atoms with Gasteiger partial charge in [0.05, 0.1) is 23.3 Å². The van der Waals surface area contributed by atoms with Crippen molar-refractivity contribution >= 4 is 33.2 Å². The Morgan fingerprint density at radius 1 is 0.629 bits per heavy atom. The summed E-state index contributed by atoms with van der Waals surface area (Å²) in [6, 6.07) is 44.0. The number of nitrogens with one attached hydrogen (secondary N) is 2. The first-order valence-corrected chi connectivity index (χ1v) is 11.8. The molecule has 5 aromatic carbocycles. The van der Waals surface area contributed by atoms with Gasteiger partial charge >= 0.3 is 0 Å². The van der Waals surface area contributed by atoms with E-state index in [-0.39, 0.29) is 0 Å². The number of para-hydroxylation sites is 2. The van der Waals surface area contributed by atoms with Crippen molar-refractivity contribution in [2.75, 3.05) is 11.9 Å². The summed E-state index contributed by atoms with van der Waals surface area (Å²) in [6.45, 7) is 0.445. The Labute approximate surface area is 204 Å². The van der Waals surface area contributed by atoms with Gasteiger partial charge in [-0.2, -0.15) is 0 Å². The summed E-state index contributed by atoms with van der Waals surface area (Å²) in [5.74, 6) is 0. The molecule has 0 spiro atoms. The lowest BCUT2D eigenvalue weighted by Crippen LogP contribution is -2.14. The molecule has 6 aromatic rings. The van der Waals surface area contributed by atoms with E-state index in [2.05, 4.69) is 94.8 Å². The van der Waals surface area contributed by atoms with Gasteiger partial charge in [-0.1, -0.05) is 97.1 Å². The van der Waals surface area contributed by atoms with Crippen molar-refractivity contribution in [2.24, 2.45) is 0 Å². The monoisotopic (exact) mass is 451 g/mol. The van der Waals surface area contributed by atoms with Crippen molar-refractivity contribution in [3.63, 3.8) is 0 Å². The highest BCUT2D eigenvalue weighted by atomic mass is 15.0. The Hall–Kier alpha value is -4.63. The number of fused-ring (bicyclic) bond motifs is 3. The fraction of sp³-hybridized carbons (Fsp3) is 0.0312. The molecule has 3 heteroatoms. The van der Waals surface area contributed by atoms with E-state index in [0.29, 0.717) is 12.3 Å². The molecule has 6 rings (SSSR count). The van der Waals surface area contributed by atoms with Crippen molar-refractivity contribution in [1.29, 1.82) is 5.41 Å². The van der Waals surface area contributed by atoms with Crippen LogP contribution in [0.25, 0.3) is 38.6 Å². The fourth-order valence-electron chi connectivity index (χ4n) is 4.80. The number of hydrogen-bond donors (Lipinski definition) is 2. The first-order chi connectivity index (χ1) is 17.3. The predicted octanol–water partition coefficient (Wildman–Crippen LogP) is 7.93. The molecule has 0 atom stereocenters. The number of benzene rings is 5. The van der Waals surface area contributed by atoms with Crippen molar-refractivity contribution in [3.8, 4) is 16.8 Å². The summed E-state index contributed by atoms with van der Waals surface area (Å²) in [6.07, 6.45) is 0. The Kier molecular flexibility index (Phi) is 5.36. The molecule has 0 radical (unpaired) electrons. The van der Waals surface area contributed by atoms with Crippen LogP contribution in [-0.4, -0.2) is 16.8 Å². The Morgan fingerprint density at radius 2 is 1.26 bits per heavy atom. The molecule has 0 fully saturated rings. The van der Waals surface area contributed by atoms with Crippen molar-refractivity contribution in [3.05, 3.63) is 133 Å². The van der Waals surface area contributed by atoms with Crippen LogP contribution in [0, 0.1) is 5.41 Å². The van der Waals surface area contributed by atoms with Crippen LogP contribution < -0.4 is 5.32 Å². The minimum absolute atomic E-state index is 0.445. The molecule has 3 nitrogen and oxygen atoms in total. The molecule has 0 amide bonds. The normalized spacial score (nSPS) is 11.1. The number of anilines is 1. The molecule has 0 unspecified atom stereocenters. The number of nitrogens with zero attached hydrogens (tertiary/aromatic N) is 1. The van der Waals surface area contributed by atoms with Gasteiger partial charge in [0.2, 0.25) is 0 Å². The predicted molar refractivity (Wildman–Crippen MR) is 148 cm³/mol. The second-order valence-corrected chi connectivity index (χ2v) is 8.67. The van der Waals surface area contributed by atoms with E-state index >= 15 is 0 Å². The van der Waals surface area contributed by atoms with Gasteiger partial charge in [-0.3, -0.25) is 0 Å². The summed E-state index contributed by atoms with van der Waals surface area (Å²) in [5, 5.41) is 14.6. The molecule has 35 heavy (non-hydrogen) atoms. The maximum atomic E-state index is 8.61. The van der Waals surface area contributed by atoms with Crippen LogP contribution in [0.5, 0.6) is 0 Å². The smallest absolute Gasteiger partial charge is 0.0577 e. The van der Waals surface area contributed by atoms with E-state index in [1.807, 2.05) is 42.5 Å². The minimum atomic E-state index is 0.445. The van der Waals surface area contributed by atoms with E-state index < -0.39 is 0 Å². The zero-order chi connectivity index (χ0) is 23.6. The summed E-state index contributed by atoms with van der Waals surface area (Å²) in [5.41, 5.74) is 8.26. The van der Waals surface area contributed by atoms with Crippen molar-refractivity contribution in [1.82, 2.24) is 4.57 Å². The average molecular weight is 452 g/mol. The third kappa shape index (κ3) is 3.87. The third-order valence-electron chi connectivity index (χ3n) is 6.49. The molecule has 0 saturated carbocycles. The van der Waals surface area contributed by atoms with E-state index in [1.54, 1.807) is 0 Å². The van der Waals surface area contributed by atoms with E-state index in [0.717, 1.165) is 33.6 Å².